The Morgan fingerprint density at radius 1 is 1.26 bits per heavy atom. The van der Waals surface area contributed by atoms with E-state index in [2.05, 4.69) is 21.7 Å². The fraction of sp³-hybridized carbons (Fsp3) is 0.529. The Kier molecular flexibility index (Phi) is 8.95. The van der Waals surface area contributed by atoms with Gasteiger partial charge in [0, 0.05) is 12.6 Å². The lowest BCUT2D eigenvalue weighted by atomic mass is 9.93. The maximum atomic E-state index is 9.56. The lowest BCUT2D eigenvalue weighted by Gasteiger charge is -2.27. The molecule has 3 N–H and O–H groups in total. The predicted molar refractivity (Wildman–Crippen MR) is 103 cm³/mol. The van der Waals surface area contributed by atoms with E-state index in [9.17, 15) is 5.11 Å². The number of aliphatic hydroxyl groups is 1. The van der Waals surface area contributed by atoms with Gasteiger partial charge in [-0.25, -0.2) is 4.99 Å². The number of hydrogen-bond donors (Lipinski definition) is 3. The van der Waals surface area contributed by atoms with Gasteiger partial charge in [-0.1, -0.05) is 12.1 Å². The summed E-state index contributed by atoms with van der Waals surface area (Å²) in [5.41, 5.74) is 1.74. The van der Waals surface area contributed by atoms with E-state index < -0.39 is 0 Å². The van der Waals surface area contributed by atoms with Crippen LogP contribution in [0.1, 0.15) is 43.7 Å². The van der Waals surface area contributed by atoms with Crippen molar-refractivity contribution in [1.82, 2.24) is 10.6 Å². The summed E-state index contributed by atoms with van der Waals surface area (Å²) in [6.45, 7) is 3.44. The van der Waals surface area contributed by atoms with E-state index in [4.69, 9.17) is 5.26 Å². The van der Waals surface area contributed by atoms with E-state index >= 15 is 0 Å². The quantitative estimate of drug-likeness (QED) is 0.391. The molecular formula is C17H25IN4O. The Balaban J connectivity index is 0.00000264. The molecule has 0 aliphatic heterocycles. The third kappa shape index (κ3) is 6.75. The lowest BCUT2D eigenvalue weighted by molar-refractivity contribution is 0.120. The first-order valence-corrected chi connectivity index (χ1v) is 7.93. The van der Waals surface area contributed by atoms with Crippen LogP contribution in [0.5, 0.6) is 0 Å². The van der Waals surface area contributed by atoms with Crippen molar-refractivity contribution >= 4 is 29.9 Å². The first-order chi connectivity index (χ1) is 10.7. The van der Waals surface area contributed by atoms with Crippen LogP contribution in [0.15, 0.2) is 29.3 Å². The Bertz CT molecular complexity index is 531. The lowest BCUT2D eigenvalue weighted by Crippen LogP contribution is -2.45. The van der Waals surface area contributed by atoms with Crippen LogP contribution in [0.3, 0.4) is 0 Å². The molecule has 2 rings (SSSR count). The van der Waals surface area contributed by atoms with Gasteiger partial charge >= 0.3 is 0 Å². The molecule has 0 amide bonds. The number of benzene rings is 1. The fourth-order valence-electron chi connectivity index (χ4n) is 2.59. The van der Waals surface area contributed by atoms with E-state index in [1.165, 1.54) is 0 Å². The van der Waals surface area contributed by atoms with Crippen LogP contribution in [0, 0.1) is 11.3 Å². The monoisotopic (exact) mass is 428 g/mol. The smallest absolute Gasteiger partial charge is 0.191 e. The summed E-state index contributed by atoms with van der Waals surface area (Å²) >= 11 is 0. The van der Waals surface area contributed by atoms with E-state index in [1.54, 1.807) is 0 Å². The summed E-state index contributed by atoms with van der Waals surface area (Å²) in [5, 5.41) is 25.1. The molecule has 6 heteroatoms. The van der Waals surface area contributed by atoms with E-state index in [0.717, 1.165) is 43.8 Å². The Morgan fingerprint density at radius 2 is 1.91 bits per heavy atom. The molecule has 1 fully saturated rings. The van der Waals surface area contributed by atoms with Gasteiger partial charge in [0.2, 0.25) is 0 Å². The molecule has 0 radical (unpaired) electrons. The number of rotatable bonds is 4. The van der Waals surface area contributed by atoms with Crippen molar-refractivity contribution in [3.05, 3.63) is 35.4 Å². The van der Waals surface area contributed by atoms with Gasteiger partial charge in [0.1, 0.15) is 0 Å². The largest absolute Gasteiger partial charge is 0.393 e. The Hall–Kier alpha value is -1.33. The molecule has 1 aromatic rings. The molecular weight excluding hydrogens is 403 g/mol. The summed E-state index contributed by atoms with van der Waals surface area (Å²) in [6.07, 6.45) is 3.51. The maximum absolute atomic E-state index is 9.56. The molecule has 0 bridgehead atoms. The minimum absolute atomic E-state index is 0. The third-order valence-electron chi connectivity index (χ3n) is 3.88. The minimum atomic E-state index is -0.142. The van der Waals surface area contributed by atoms with E-state index in [1.807, 2.05) is 31.2 Å². The summed E-state index contributed by atoms with van der Waals surface area (Å²) in [6, 6.07) is 9.99. The fourth-order valence-corrected chi connectivity index (χ4v) is 2.59. The van der Waals surface area contributed by atoms with Crippen molar-refractivity contribution < 1.29 is 5.11 Å². The van der Waals surface area contributed by atoms with Gasteiger partial charge in [-0.2, -0.15) is 5.26 Å². The zero-order valence-electron chi connectivity index (χ0n) is 13.5. The molecule has 0 unspecified atom stereocenters. The second kappa shape index (κ2) is 10.4. The third-order valence-corrected chi connectivity index (χ3v) is 3.88. The molecule has 0 spiro atoms. The highest BCUT2D eigenvalue weighted by molar-refractivity contribution is 14.0. The van der Waals surface area contributed by atoms with Gasteiger partial charge in [-0.05, 0) is 50.3 Å². The number of hydrogen-bond acceptors (Lipinski definition) is 3. The molecule has 5 nitrogen and oxygen atoms in total. The first-order valence-electron chi connectivity index (χ1n) is 7.93. The normalized spacial score (nSPS) is 21.0. The molecule has 1 aromatic carbocycles. The van der Waals surface area contributed by atoms with Crippen molar-refractivity contribution in [2.24, 2.45) is 4.99 Å². The molecule has 1 saturated carbocycles. The number of nitrogens with one attached hydrogen (secondary N) is 2. The van der Waals surface area contributed by atoms with Crippen LogP contribution in [0.25, 0.3) is 0 Å². The van der Waals surface area contributed by atoms with Crippen molar-refractivity contribution in [3.63, 3.8) is 0 Å². The van der Waals surface area contributed by atoms with Gasteiger partial charge < -0.3 is 15.7 Å². The van der Waals surface area contributed by atoms with Gasteiger partial charge in [0.05, 0.1) is 24.3 Å². The molecule has 0 saturated heterocycles. The van der Waals surface area contributed by atoms with E-state index in [0.29, 0.717) is 18.2 Å². The number of nitrogens with zero attached hydrogens (tertiary/aromatic N) is 2. The van der Waals surface area contributed by atoms with Gasteiger partial charge in [0.25, 0.3) is 0 Å². The maximum Gasteiger partial charge on any atom is 0.191 e. The van der Waals surface area contributed by atoms with Crippen molar-refractivity contribution in [2.75, 3.05) is 6.54 Å². The number of aliphatic imine (C=N–C) groups is 1. The standard InChI is InChI=1S/C17H24N4O.HI/c1-2-19-17(21-15-7-9-16(22)10-8-15)20-12-14-5-3-13(11-18)4-6-14;/h3-6,15-16,22H,2,7-10,12H2,1H3,(H2,19,20,21);1H. The highest BCUT2D eigenvalue weighted by atomic mass is 127. The predicted octanol–water partition coefficient (Wildman–Crippen LogP) is 2.53. The number of nitriles is 1. The second-order valence-corrected chi connectivity index (χ2v) is 5.65. The average Bonchev–Trinajstić information content (AvgIpc) is 2.55. The van der Waals surface area contributed by atoms with E-state index in [-0.39, 0.29) is 30.1 Å². The molecule has 0 aromatic heterocycles. The van der Waals surface area contributed by atoms with Crippen LogP contribution >= 0.6 is 24.0 Å². The molecule has 0 heterocycles. The number of guanidine groups is 1. The summed E-state index contributed by atoms with van der Waals surface area (Å²) in [7, 11) is 0. The zero-order chi connectivity index (χ0) is 15.8. The average molecular weight is 428 g/mol. The van der Waals surface area contributed by atoms with Crippen molar-refractivity contribution in [1.29, 1.82) is 5.26 Å². The zero-order valence-corrected chi connectivity index (χ0v) is 15.8. The molecule has 1 aliphatic rings. The summed E-state index contributed by atoms with van der Waals surface area (Å²) in [5.74, 6) is 0.813. The first kappa shape index (κ1) is 19.7. The molecule has 126 valence electrons. The van der Waals surface area contributed by atoms with Gasteiger partial charge in [-0.15, -0.1) is 24.0 Å². The van der Waals surface area contributed by atoms with Gasteiger partial charge in [-0.3, -0.25) is 0 Å². The molecule has 1 aliphatic carbocycles. The Labute approximate surface area is 155 Å². The van der Waals surface area contributed by atoms with Crippen LogP contribution in [0.4, 0.5) is 0 Å². The highest BCUT2D eigenvalue weighted by Gasteiger charge is 2.19. The second-order valence-electron chi connectivity index (χ2n) is 5.65. The SMILES string of the molecule is CCNC(=NCc1ccc(C#N)cc1)NC1CCC(O)CC1.I. The van der Waals surface area contributed by atoms with Crippen LogP contribution < -0.4 is 10.6 Å². The number of aliphatic hydroxyl groups excluding tert-OH is 1. The van der Waals surface area contributed by atoms with Crippen molar-refractivity contribution in [3.8, 4) is 6.07 Å². The Morgan fingerprint density at radius 3 is 2.48 bits per heavy atom. The summed E-state index contributed by atoms with van der Waals surface area (Å²) in [4.78, 5) is 4.60. The van der Waals surface area contributed by atoms with Crippen LogP contribution in [0.2, 0.25) is 0 Å². The molecule has 0 atom stereocenters. The minimum Gasteiger partial charge on any atom is -0.393 e. The highest BCUT2D eigenvalue weighted by Crippen LogP contribution is 2.18. The van der Waals surface area contributed by atoms with Gasteiger partial charge in [0.15, 0.2) is 5.96 Å². The molecule has 23 heavy (non-hydrogen) atoms. The van der Waals surface area contributed by atoms with Crippen LogP contribution in [-0.2, 0) is 6.54 Å². The van der Waals surface area contributed by atoms with Crippen LogP contribution in [-0.4, -0.2) is 29.8 Å². The summed E-state index contributed by atoms with van der Waals surface area (Å²) < 4.78 is 0. The topological polar surface area (TPSA) is 80.4 Å². The van der Waals surface area contributed by atoms with Crippen molar-refractivity contribution in [2.45, 2.75) is 51.3 Å². The number of halogens is 1.